The lowest BCUT2D eigenvalue weighted by atomic mass is 10.0. The first-order chi connectivity index (χ1) is 9.40. The number of aliphatic carboxylic acids is 1. The van der Waals surface area contributed by atoms with Gasteiger partial charge in [0, 0.05) is 12.6 Å². The zero-order valence-corrected chi connectivity index (χ0v) is 11.3. The molecule has 2 rings (SSSR count). The van der Waals surface area contributed by atoms with Crippen molar-refractivity contribution in [2.75, 3.05) is 6.54 Å². The van der Waals surface area contributed by atoms with Gasteiger partial charge in [-0.15, -0.1) is 0 Å². The number of carboxylic acid groups (broad SMARTS) is 1. The van der Waals surface area contributed by atoms with Gasteiger partial charge in [0.05, 0.1) is 12.0 Å². The van der Waals surface area contributed by atoms with Gasteiger partial charge in [0.2, 0.25) is 0 Å². The van der Waals surface area contributed by atoms with Crippen molar-refractivity contribution < 1.29 is 19.5 Å². The average Bonchev–Trinajstić information content (AvgIpc) is 2.66. The molecule has 0 saturated heterocycles. The van der Waals surface area contributed by atoms with Gasteiger partial charge in [-0.3, -0.25) is 19.3 Å². The second-order valence-electron chi connectivity index (χ2n) is 4.80. The largest absolute Gasteiger partial charge is 0.481 e. The topological polar surface area (TPSA) is 74.7 Å². The van der Waals surface area contributed by atoms with Crippen LogP contribution in [0.3, 0.4) is 0 Å². The lowest BCUT2D eigenvalue weighted by Gasteiger charge is -2.13. The summed E-state index contributed by atoms with van der Waals surface area (Å²) in [4.78, 5) is 35.4. The van der Waals surface area contributed by atoms with E-state index in [2.05, 4.69) is 0 Å². The third kappa shape index (κ3) is 2.61. The minimum absolute atomic E-state index is 0.0994. The van der Waals surface area contributed by atoms with Crippen molar-refractivity contribution in [1.29, 1.82) is 0 Å². The highest BCUT2D eigenvalue weighted by atomic mass is 16.4. The standard InChI is InChI=1S/C15H15NO4/c1-9-3-4-11(7-10(9)2)12-8-13(17)16(15(12)20)6-5-14(18)19/h3-4,7-8H,5-6H2,1-2H3,(H,18,19). The molecular weight excluding hydrogens is 258 g/mol. The Kier molecular flexibility index (Phi) is 3.70. The first-order valence-corrected chi connectivity index (χ1v) is 6.27. The first kappa shape index (κ1) is 14.0. The minimum atomic E-state index is -1.04. The van der Waals surface area contributed by atoms with Gasteiger partial charge in [-0.2, -0.15) is 0 Å². The van der Waals surface area contributed by atoms with E-state index in [9.17, 15) is 14.4 Å². The zero-order chi connectivity index (χ0) is 14.9. The van der Waals surface area contributed by atoms with Gasteiger partial charge in [-0.1, -0.05) is 18.2 Å². The normalized spacial score (nSPS) is 14.7. The Balaban J connectivity index is 2.24. The van der Waals surface area contributed by atoms with Crippen LogP contribution >= 0.6 is 0 Å². The highest BCUT2D eigenvalue weighted by molar-refractivity contribution is 6.33. The van der Waals surface area contributed by atoms with E-state index in [0.29, 0.717) is 11.1 Å². The summed E-state index contributed by atoms with van der Waals surface area (Å²) < 4.78 is 0. The predicted octanol–water partition coefficient (Wildman–Crippen LogP) is 1.53. The van der Waals surface area contributed by atoms with Gasteiger partial charge in [0.1, 0.15) is 0 Å². The van der Waals surface area contributed by atoms with Crippen LogP contribution in [0.2, 0.25) is 0 Å². The smallest absolute Gasteiger partial charge is 0.305 e. The molecule has 1 aromatic carbocycles. The fourth-order valence-electron chi connectivity index (χ4n) is 2.04. The zero-order valence-electron chi connectivity index (χ0n) is 11.3. The number of aryl methyl sites for hydroxylation is 2. The van der Waals surface area contributed by atoms with Crippen LogP contribution in [0, 0.1) is 13.8 Å². The first-order valence-electron chi connectivity index (χ1n) is 6.27. The number of imide groups is 1. The van der Waals surface area contributed by atoms with Gasteiger partial charge in [0.25, 0.3) is 11.8 Å². The monoisotopic (exact) mass is 273 g/mol. The molecule has 5 heteroatoms. The number of carbonyl (C=O) groups is 3. The highest BCUT2D eigenvalue weighted by Crippen LogP contribution is 2.25. The lowest BCUT2D eigenvalue weighted by Crippen LogP contribution is -2.32. The Morgan fingerprint density at radius 2 is 1.90 bits per heavy atom. The molecule has 0 aliphatic carbocycles. The molecule has 0 fully saturated rings. The van der Waals surface area contributed by atoms with Gasteiger partial charge in [-0.05, 0) is 30.5 Å². The quantitative estimate of drug-likeness (QED) is 0.844. The van der Waals surface area contributed by atoms with Crippen LogP contribution in [0.15, 0.2) is 24.3 Å². The number of carbonyl (C=O) groups excluding carboxylic acids is 2. The molecule has 0 spiro atoms. The number of rotatable bonds is 4. The molecule has 2 amide bonds. The van der Waals surface area contributed by atoms with Gasteiger partial charge in [0.15, 0.2) is 0 Å². The van der Waals surface area contributed by atoms with Crippen LogP contribution in [0.25, 0.3) is 5.57 Å². The van der Waals surface area contributed by atoms with Crippen molar-refractivity contribution in [2.24, 2.45) is 0 Å². The van der Waals surface area contributed by atoms with Crippen molar-refractivity contribution in [1.82, 2.24) is 4.90 Å². The summed E-state index contributed by atoms with van der Waals surface area (Å²) in [5.41, 5.74) is 3.15. The summed E-state index contributed by atoms with van der Waals surface area (Å²) in [5, 5.41) is 8.63. The summed E-state index contributed by atoms with van der Waals surface area (Å²) in [6, 6.07) is 5.54. The maximum absolute atomic E-state index is 12.2. The van der Waals surface area contributed by atoms with Crippen molar-refractivity contribution in [3.63, 3.8) is 0 Å². The van der Waals surface area contributed by atoms with E-state index < -0.39 is 17.8 Å². The molecule has 0 unspecified atom stereocenters. The number of benzene rings is 1. The molecule has 104 valence electrons. The fourth-order valence-corrected chi connectivity index (χ4v) is 2.04. The number of hydrogen-bond acceptors (Lipinski definition) is 3. The van der Waals surface area contributed by atoms with E-state index >= 15 is 0 Å². The highest BCUT2D eigenvalue weighted by Gasteiger charge is 2.31. The Hall–Kier alpha value is -2.43. The van der Waals surface area contributed by atoms with E-state index in [4.69, 9.17) is 5.11 Å². The Bertz CT molecular complexity index is 631. The summed E-state index contributed by atoms with van der Waals surface area (Å²) in [7, 11) is 0. The number of nitrogens with zero attached hydrogens (tertiary/aromatic N) is 1. The second kappa shape index (κ2) is 5.28. The molecule has 20 heavy (non-hydrogen) atoms. The summed E-state index contributed by atoms with van der Waals surface area (Å²) in [6.07, 6.45) is 1.03. The van der Waals surface area contributed by atoms with Crippen LogP contribution in [-0.4, -0.2) is 34.3 Å². The molecule has 1 aromatic rings. The number of amides is 2. The van der Waals surface area contributed by atoms with Crippen molar-refractivity contribution in [2.45, 2.75) is 20.3 Å². The molecule has 0 atom stereocenters. The predicted molar refractivity (Wildman–Crippen MR) is 72.9 cm³/mol. The SMILES string of the molecule is Cc1ccc(C2=CC(=O)N(CCC(=O)O)C2=O)cc1C. The maximum atomic E-state index is 12.2. The summed E-state index contributed by atoms with van der Waals surface area (Å²) in [6.45, 7) is 3.80. The molecule has 0 aromatic heterocycles. The third-order valence-corrected chi connectivity index (χ3v) is 3.38. The number of carboxylic acids is 1. The summed E-state index contributed by atoms with van der Waals surface area (Å²) >= 11 is 0. The van der Waals surface area contributed by atoms with Crippen molar-refractivity contribution >= 4 is 23.4 Å². The minimum Gasteiger partial charge on any atom is -0.481 e. The van der Waals surface area contributed by atoms with E-state index in [1.54, 1.807) is 6.07 Å². The maximum Gasteiger partial charge on any atom is 0.305 e. The molecule has 0 bridgehead atoms. The summed E-state index contributed by atoms with van der Waals surface area (Å²) in [5.74, 6) is -1.92. The van der Waals surface area contributed by atoms with Crippen molar-refractivity contribution in [3.05, 3.63) is 41.0 Å². The third-order valence-electron chi connectivity index (χ3n) is 3.38. The van der Waals surface area contributed by atoms with E-state index in [-0.39, 0.29) is 13.0 Å². The van der Waals surface area contributed by atoms with Crippen LogP contribution in [0.1, 0.15) is 23.1 Å². The number of hydrogen-bond donors (Lipinski definition) is 1. The molecule has 5 nitrogen and oxygen atoms in total. The van der Waals surface area contributed by atoms with Crippen LogP contribution in [0.5, 0.6) is 0 Å². The Morgan fingerprint density at radius 1 is 1.20 bits per heavy atom. The lowest BCUT2D eigenvalue weighted by molar-refractivity contribution is -0.139. The van der Waals surface area contributed by atoms with E-state index in [1.807, 2.05) is 26.0 Å². The molecule has 1 aliphatic rings. The fraction of sp³-hybridized carbons (Fsp3) is 0.267. The molecule has 1 heterocycles. The molecule has 0 radical (unpaired) electrons. The molecule has 1 aliphatic heterocycles. The molecule has 0 saturated carbocycles. The van der Waals surface area contributed by atoms with Crippen LogP contribution in [0.4, 0.5) is 0 Å². The van der Waals surface area contributed by atoms with Gasteiger partial charge < -0.3 is 5.11 Å². The Morgan fingerprint density at radius 3 is 2.50 bits per heavy atom. The van der Waals surface area contributed by atoms with Gasteiger partial charge in [-0.25, -0.2) is 0 Å². The molecular formula is C15H15NO4. The molecule has 1 N–H and O–H groups in total. The van der Waals surface area contributed by atoms with Crippen molar-refractivity contribution in [3.8, 4) is 0 Å². The van der Waals surface area contributed by atoms with E-state index in [1.165, 1.54) is 6.08 Å². The Labute approximate surface area is 116 Å². The van der Waals surface area contributed by atoms with Crippen LogP contribution < -0.4 is 0 Å². The second-order valence-corrected chi connectivity index (χ2v) is 4.80. The average molecular weight is 273 g/mol. The van der Waals surface area contributed by atoms with E-state index in [0.717, 1.165) is 16.0 Å². The van der Waals surface area contributed by atoms with Crippen LogP contribution in [-0.2, 0) is 14.4 Å². The van der Waals surface area contributed by atoms with Gasteiger partial charge >= 0.3 is 5.97 Å².